The van der Waals surface area contributed by atoms with E-state index in [9.17, 15) is 9.59 Å². The van der Waals surface area contributed by atoms with Gasteiger partial charge in [-0.1, -0.05) is 69.4 Å². The fraction of sp³-hybridized carbons (Fsp3) is 0.630. The molecule has 6 heteroatoms. The molecule has 2 fully saturated rings. The normalized spacial score (nSPS) is 19.8. The average Bonchev–Trinajstić information content (AvgIpc) is 2.87. The molecule has 2 N–H and O–H groups in total. The van der Waals surface area contributed by atoms with E-state index in [2.05, 4.69) is 22.5 Å². The number of rotatable bonds is 11. The minimum Gasteiger partial charge on any atom is -0.379 e. The molecule has 1 aliphatic carbocycles. The average molecular weight is 456 g/mol. The van der Waals surface area contributed by atoms with E-state index in [1.165, 1.54) is 6.42 Å². The predicted octanol–water partition coefficient (Wildman–Crippen LogP) is 3.77. The van der Waals surface area contributed by atoms with Gasteiger partial charge in [-0.15, -0.1) is 0 Å². The van der Waals surface area contributed by atoms with Crippen molar-refractivity contribution in [1.82, 2.24) is 15.5 Å². The first-order chi connectivity index (χ1) is 16.1. The molecule has 2 amide bonds. The number of hydrogen-bond acceptors (Lipinski definition) is 4. The van der Waals surface area contributed by atoms with Crippen LogP contribution in [0.1, 0.15) is 63.9 Å². The minimum absolute atomic E-state index is 0.0161. The highest BCUT2D eigenvalue weighted by atomic mass is 16.5. The first kappa shape index (κ1) is 25.4. The second-order valence-electron chi connectivity index (χ2n) is 9.35. The van der Waals surface area contributed by atoms with Gasteiger partial charge in [-0.25, -0.2) is 0 Å². The summed E-state index contributed by atoms with van der Waals surface area (Å²) in [4.78, 5) is 29.1. The van der Waals surface area contributed by atoms with Crippen LogP contribution in [-0.4, -0.2) is 61.6 Å². The maximum absolute atomic E-state index is 13.7. The van der Waals surface area contributed by atoms with Crippen LogP contribution in [0.25, 0.3) is 6.08 Å². The number of carbonyl (C=O) groups is 2. The van der Waals surface area contributed by atoms with E-state index in [-0.39, 0.29) is 17.7 Å². The number of benzene rings is 1. The Morgan fingerprint density at radius 1 is 1.12 bits per heavy atom. The molecule has 1 aromatic rings. The molecule has 3 rings (SSSR count). The van der Waals surface area contributed by atoms with E-state index in [0.717, 1.165) is 76.9 Å². The van der Waals surface area contributed by atoms with Crippen LogP contribution in [-0.2, 0) is 14.3 Å². The van der Waals surface area contributed by atoms with E-state index in [4.69, 9.17) is 4.74 Å². The van der Waals surface area contributed by atoms with Crippen LogP contribution in [0.4, 0.5) is 0 Å². The standard InChI is InChI=1S/C27H41N3O3/c1-2-3-16-27(24-12-8-5-9-13-24,26(32)28-17-18-30-19-21-33-22-20-30)29-25(31)15-14-23-10-6-4-7-11-23/h4,6-7,10-11,14-15,24H,2-3,5,8-9,12-13,16-22H2,1H3,(H,28,32)(H,29,31)/b15-14+. The van der Waals surface area contributed by atoms with Gasteiger partial charge in [0.15, 0.2) is 0 Å². The van der Waals surface area contributed by atoms with Gasteiger partial charge in [0.2, 0.25) is 11.8 Å². The molecule has 2 aliphatic rings. The summed E-state index contributed by atoms with van der Waals surface area (Å²) in [5, 5.41) is 6.42. The molecule has 182 valence electrons. The zero-order chi connectivity index (χ0) is 23.4. The lowest BCUT2D eigenvalue weighted by atomic mass is 9.71. The van der Waals surface area contributed by atoms with Gasteiger partial charge in [0.25, 0.3) is 0 Å². The van der Waals surface area contributed by atoms with E-state index < -0.39 is 5.54 Å². The van der Waals surface area contributed by atoms with Gasteiger partial charge in [-0.2, -0.15) is 0 Å². The number of nitrogens with one attached hydrogen (secondary N) is 2. The van der Waals surface area contributed by atoms with Gasteiger partial charge in [0.05, 0.1) is 13.2 Å². The summed E-state index contributed by atoms with van der Waals surface area (Å²) in [6, 6.07) is 9.79. The van der Waals surface area contributed by atoms with Crippen LogP contribution in [0.15, 0.2) is 36.4 Å². The van der Waals surface area contributed by atoms with Crippen LogP contribution in [0.5, 0.6) is 0 Å². The van der Waals surface area contributed by atoms with Gasteiger partial charge in [-0.3, -0.25) is 14.5 Å². The minimum atomic E-state index is -0.848. The Balaban J connectivity index is 1.72. The number of ether oxygens (including phenoxy) is 1. The zero-order valence-corrected chi connectivity index (χ0v) is 20.2. The van der Waals surface area contributed by atoms with Gasteiger partial charge in [-0.05, 0) is 36.8 Å². The number of hydrogen-bond donors (Lipinski definition) is 2. The highest BCUT2D eigenvalue weighted by molar-refractivity contribution is 5.97. The number of carbonyl (C=O) groups excluding carboxylic acids is 2. The van der Waals surface area contributed by atoms with E-state index in [1.54, 1.807) is 6.08 Å². The fourth-order valence-corrected chi connectivity index (χ4v) is 5.08. The maximum Gasteiger partial charge on any atom is 0.246 e. The third-order valence-electron chi connectivity index (χ3n) is 7.02. The number of nitrogens with zero attached hydrogens (tertiary/aromatic N) is 1. The van der Waals surface area contributed by atoms with Crippen molar-refractivity contribution < 1.29 is 14.3 Å². The summed E-state index contributed by atoms with van der Waals surface area (Å²) in [5.74, 6) is -0.0308. The second-order valence-corrected chi connectivity index (χ2v) is 9.35. The molecular formula is C27H41N3O3. The van der Waals surface area contributed by atoms with Crippen molar-refractivity contribution in [3.63, 3.8) is 0 Å². The van der Waals surface area contributed by atoms with E-state index in [0.29, 0.717) is 13.0 Å². The monoisotopic (exact) mass is 455 g/mol. The molecule has 33 heavy (non-hydrogen) atoms. The summed E-state index contributed by atoms with van der Waals surface area (Å²) in [7, 11) is 0. The quantitative estimate of drug-likeness (QED) is 0.498. The first-order valence-electron chi connectivity index (χ1n) is 12.8. The lowest BCUT2D eigenvalue weighted by Crippen LogP contribution is -2.63. The molecule has 6 nitrogen and oxygen atoms in total. The number of unbranched alkanes of at least 4 members (excludes halogenated alkanes) is 1. The number of morpholine rings is 1. The SMILES string of the molecule is CCCCC(NC(=O)/C=C/c1ccccc1)(C(=O)NCCN1CCOCC1)C1CCCCC1. The van der Waals surface area contributed by atoms with Crippen LogP contribution in [0.3, 0.4) is 0 Å². The highest BCUT2D eigenvalue weighted by Crippen LogP contribution is 2.36. The lowest BCUT2D eigenvalue weighted by Gasteiger charge is -2.42. The van der Waals surface area contributed by atoms with Crippen molar-refractivity contribution in [2.24, 2.45) is 5.92 Å². The van der Waals surface area contributed by atoms with Crippen molar-refractivity contribution in [3.8, 4) is 0 Å². The highest BCUT2D eigenvalue weighted by Gasteiger charge is 2.46. The first-order valence-corrected chi connectivity index (χ1v) is 12.8. The van der Waals surface area contributed by atoms with Crippen molar-refractivity contribution in [2.75, 3.05) is 39.4 Å². The van der Waals surface area contributed by atoms with Crippen LogP contribution in [0, 0.1) is 5.92 Å². The molecule has 0 aromatic heterocycles. The molecule has 1 aliphatic heterocycles. The van der Waals surface area contributed by atoms with Gasteiger partial charge in [0.1, 0.15) is 5.54 Å². The summed E-state index contributed by atoms with van der Waals surface area (Å²) < 4.78 is 5.42. The Labute approximate surface area is 199 Å². The molecule has 1 aromatic carbocycles. The van der Waals surface area contributed by atoms with Crippen LogP contribution >= 0.6 is 0 Å². The lowest BCUT2D eigenvalue weighted by molar-refractivity contribution is -0.135. The molecule has 1 saturated carbocycles. The molecule has 0 bridgehead atoms. The van der Waals surface area contributed by atoms with E-state index >= 15 is 0 Å². The van der Waals surface area contributed by atoms with Crippen LogP contribution in [0.2, 0.25) is 0 Å². The Morgan fingerprint density at radius 3 is 2.55 bits per heavy atom. The third-order valence-corrected chi connectivity index (χ3v) is 7.02. The Morgan fingerprint density at radius 2 is 1.85 bits per heavy atom. The van der Waals surface area contributed by atoms with Crippen molar-refractivity contribution in [2.45, 2.75) is 63.8 Å². The Hall–Kier alpha value is -2.18. The molecule has 0 spiro atoms. The zero-order valence-electron chi connectivity index (χ0n) is 20.2. The fourth-order valence-electron chi connectivity index (χ4n) is 5.08. The maximum atomic E-state index is 13.7. The van der Waals surface area contributed by atoms with Crippen molar-refractivity contribution >= 4 is 17.9 Å². The summed E-state index contributed by atoms with van der Waals surface area (Å²) in [6.45, 7) is 6.85. The largest absolute Gasteiger partial charge is 0.379 e. The molecule has 1 heterocycles. The van der Waals surface area contributed by atoms with Gasteiger partial charge >= 0.3 is 0 Å². The van der Waals surface area contributed by atoms with E-state index in [1.807, 2.05) is 36.4 Å². The van der Waals surface area contributed by atoms with Gasteiger partial charge in [0, 0.05) is 32.3 Å². The smallest absolute Gasteiger partial charge is 0.246 e. The summed E-state index contributed by atoms with van der Waals surface area (Å²) in [5.41, 5.74) is 0.124. The Kier molecular flexibility index (Phi) is 10.4. The third kappa shape index (κ3) is 7.68. The molecule has 1 saturated heterocycles. The Bertz CT molecular complexity index is 755. The molecular weight excluding hydrogens is 414 g/mol. The predicted molar refractivity (Wildman–Crippen MR) is 133 cm³/mol. The van der Waals surface area contributed by atoms with Gasteiger partial charge < -0.3 is 15.4 Å². The summed E-state index contributed by atoms with van der Waals surface area (Å²) in [6.07, 6.45) is 11.4. The van der Waals surface area contributed by atoms with Crippen molar-refractivity contribution in [1.29, 1.82) is 0 Å². The topological polar surface area (TPSA) is 70.7 Å². The molecule has 1 atom stereocenters. The van der Waals surface area contributed by atoms with Crippen molar-refractivity contribution in [3.05, 3.63) is 42.0 Å². The van der Waals surface area contributed by atoms with Crippen LogP contribution < -0.4 is 10.6 Å². The summed E-state index contributed by atoms with van der Waals surface area (Å²) >= 11 is 0. The molecule has 0 radical (unpaired) electrons. The molecule has 1 unspecified atom stereocenters. The number of amides is 2. The second kappa shape index (κ2) is 13.5.